The van der Waals surface area contributed by atoms with Crippen molar-refractivity contribution in [2.24, 2.45) is 51.8 Å². The Morgan fingerprint density at radius 3 is 2.42 bits per heavy atom. The SMILES string of the molecule is [B]SOC1CCC2(C)C(CCC3(C)C2C(O)CC2C(C(CCC=C(C)C)C(=O)O)C(O)CC23C)C1C. The third-order valence-corrected chi connectivity index (χ3v) is 12.3. The Hall–Kier alpha value is -0.495. The molecule has 4 aliphatic carbocycles. The number of fused-ring (bicyclic) bond motifs is 5. The van der Waals surface area contributed by atoms with Crippen molar-refractivity contribution < 1.29 is 24.3 Å². The van der Waals surface area contributed by atoms with Gasteiger partial charge in [-0.2, -0.15) is 0 Å². The maximum absolute atomic E-state index is 12.5. The summed E-state index contributed by atoms with van der Waals surface area (Å²) in [6.45, 7) is 13.4. The van der Waals surface area contributed by atoms with Gasteiger partial charge in [0.1, 0.15) is 0 Å². The fraction of sp³-hybridized carbons (Fsp3) is 0.897. The van der Waals surface area contributed by atoms with Gasteiger partial charge in [0.25, 0.3) is 0 Å². The second-order valence-electron chi connectivity index (χ2n) is 13.7. The molecule has 0 aromatic carbocycles. The second-order valence-corrected chi connectivity index (χ2v) is 14.0. The minimum atomic E-state index is -0.812. The maximum atomic E-state index is 12.5. The number of aliphatic hydroxyl groups is 2. The number of carbonyl (C=O) groups is 1. The summed E-state index contributed by atoms with van der Waals surface area (Å²) >= 11 is 0.968. The first-order valence-electron chi connectivity index (χ1n) is 14.1. The summed E-state index contributed by atoms with van der Waals surface area (Å²) in [5.41, 5.74) is 0.805. The van der Waals surface area contributed by atoms with Crippen molar-refractivity contribution in [1.82, 2.24) is 0 Å². The van der Waals surface area contributed by atoms with Crippen molar-refractivity contribution in [3.63, 3.8) is 0 Å². The van der Waals surface area contributed by atoms with E-state index in [2.05, 4.69) is 33.8 Å². The van der Waals surface area contributed by atoms with Crippen molar-refractivity contribution in [3.8, 4) is 0 Å². The van der Waals surface area contributed by atoms with Gasteiger partial charge in [-0.15, -0.1) is 0 Å². The van der Waals surface area contributed by atoms with E-state index in [1.807, 2.05) is 13.8 Å². The molecule has 4 fully saturated rings. The van der Waals surface area contributed by atoms with Crippen LogP contribution in [0.3, 0.4) is 0 Å². The Morgan fingerprint density at radius 2 is 1.81 bits per heavy atom. The summed E-state index contributed by atoms with van der Waals surface area (Å²) in [6, 6.07) is 0. The number of aliphatic hydroxyl groups excluding tert-OH is 2. The first-order chi connectivity index (χ1) is 16.8. The quantitative estimate of drug-likeness (QED) is 0.225. The molecule has 3 N–H and O–H groups in total. The van der Waals surface area contributed by atoms with Crippen molar-refractivity contribution >= 4 is 25.0 Å². The molecule has 0 saturated heterocycles. The second kappa shape index (κ2) is 10.2. The Balaban J connectivity index is 1.67. The number of carboxylic acid groups (broad SMARTS) is 1. The lowest BCUT2D eigenvalue weighted by atomic mass is 9.36. The van der Waals surface area contributed by atoms with Crippen LogP contribution in [0.1, 0.15) is 92.9 Å². The molecule has 0 aliphatic heterocycles. The molecule has 2 radical (unpaired) electrons. The Labute approximate surface area is 223 Å². The summed E-state index contributed by atoms with van der Waals surface area (Å²) in [6.07, 6.45) is 7.53. The zero-order valence-corrected chi connectivity index (χ0v) is 23.9. The molecule has 0 amide bonds. The normalized spacial score (nSPS) is 48.9. The first kappa shape index (κ1) is 28.5. The van der Waals surface area contributed by atoms with Gasteiger partial charge in [0, 0.05) is 5.92 Å². The highest BCUT2D eigenvalue weighted by Crippen LogP contribution is 2.74. The average molecular weight is 519 g/mol. The van der Waals surface area contributed by atoms with Gasteiger partial charge < -0.3 is 19.5 Å². The lowest BCUT2D eigenvalue weighted by molar-refractivity contribution is -0.238. The van der Waals surface area contributed by atoms with Gasteiger partial charge in [-0.25, -0.2) is 0 Å². The summed E-state index contributed by atoms with van der Waals surface area (Å²) in [4.78, 5) is 12.5. The monoisotopic (exact) mass is 518 g/mol. The largest absolute Gasteiger partial charge is 0.481 e. The number of hydrogen-bond acceptors (Lipinski definition) is 5. The van der Waals surface area contributed by atoms with E-state index in [4.69, 9.17) is 11.3 Å². The number of hydrogen-bond donors (Lipinski definition) is 3. The highest BCUT2D eigenvalue weighted by atomic mass is 32.2. The molecule has 4 aliphatic rings. The van der Waals surface area contributed by atoms with E-state index in [0.29, 0.717) is 37.5 Å². The van der Waals surface area contributed by atoms with Crippen LogP contribution in [0.4, 0.5) is 0 Å². The first-order valence-corrected chi connectivity index (χ1v) is 14.9. The molecule has 0 spiro atoms. The van der Waals surface area contributed by atoms with Gasteiger partial charge in [-0.05, 0) is 105 Å². The highest BCUT2D eigenvalue weighted by Gasteiger charge is 2.71. The van der Waals surface area contributed by atoms with Crippen molar-refractivity contribution in [3.05, 3.63) is 11.6 Å². The molecular weight excluding hydrogens is 471 g/mol. The predicted molar refractivity (Wildman–Crippen MR) is 145 cm³/mol. The van der Waals surface area contributed by atoms with Gasteiger partial charge in [0.05, 0.1) is 24.2 Å². The van der Waals surface area contributed by atoms with Crippen molar-refractivity contribution in [1.29, 1.82) is 0 Å². The fourth-order valence-corrected chi connectivity index (χ4v) is 10.7. The zero-order valence-electron chi connectivity index (χ0n) is 23.1. The smallest absolute Gasteiger partial charge is 0.306 e. The summed E-state index contributed by atoms with van der Waals surface area (Å²) < 4.78 is 5.83. The van der Waals surface area contributed by atoms with Crippen LogP contribution in [0, 0.1) is 51.8 Å². The molecule has 202 valence electrons. The van der Waals surface area contributed by atoms with E-state index in [0.717, 1.165) is 37.6 Å². The van der Waals surface area contributed by atoms with E-state index in [-0.39, 0.29) is 40.1 Å². The predicted octanol–water partition coefficient (Wildman–Crippen LogP) is 5.79. The maximum Gasteiger partial charge on any atom is 0.306 e. The molecule has 12 atom stereocenters. The van der Waals surface area contributed by atoms with Crippen LogP contribution in [-0.4, -0.2) is 46.7 Å². The molecule has 12 unspecified atom stereocenters. The van der Waals surface area contributed by atoms with E-state index < -0.39 is 24.1 Å². The number of aliphatic carboxylic acids is 1. The summed E-state index contributed by atoms with van der Waals surface area (Å²) in [5, 5.41) is 33.5. The molecule has 0 bridgehead atoms. The van der Waals surface area contributed by atoms with Gasteiger partial charge in [0.15, 0.2) is 0 Å². The van der Waals surface area contributed by atoms with Crippen LogP contribution < -0.4 is 0 Å². The van der Waals surface area contributed by atoms with Crippen LogP contribution in [-0.2, 0) is 8.98 Å². The van der Waals surface area contributed by atoms with Crippen LogP contribution in [0.15, 0.2) is 11.6 Å². The third-order valence-electron chi connectivity index (χ3n) is 11.9. The minimum absolute atomic E-state index is 0.00226. The molecule has 0 aromatic rings. The lowest BCUT2D eigenvalue weighted by Crippen LogP contribution is -2.66. The topological polar surface area (TPSA) is 87.0 Å². The van der Waals surface area contributed by atoms with E-state index in [1.54, 1.807) is 0 Å². The number of rotatable bonds is 7. The number of carboxylic acids is 1. The van der Waals surface area contributed by atoms with Gasteiger partial charge in [0.2, 0.25) is 7.12 Å². The van der Waals surface area contributed by atoms with Crippen LogP contribution in [0.2, 0.25) is 0 Å². The lowest BCUT2D eigenvalue weighted by Gasteiger charge is -2.69. The van der Waals surface area contributed by atoms with Crippen molar-refractivity contribution in [2.45, 2.75) is 111 Å². The highest BCUT2D eigenvalue weighted by molar-refractivity contribution is 8.15. The average Bonchev–Trinajstić information content (AvgIpc) is 3.03. The third kappa shape index (κ3) is 4.32. The van der Waals surface area contributed by atoms with Gasteiger partial charge in [-0.3, -0.25) is 4.79 Å². The van der Waals surface area contributed by atoms with E-state index in [9.17, 15) is 20.1 Å². The Bertz CT molecular complexity index is 863. The van der Waals surface area contributed by atoms with Crippen LogP contribution in [0.25, 0.3) is 0 Å². The van der Waals surface area contributed by atoms with E-state index >= 15 is 0 Å². The van der Waals surface area contributed by atoms with Crippen LogP contribution in [0.5, 0.6) is 0 Å². The fourth-order valence-electron chi connectivity index (χ4n) is 10.3. The summed E-state index contributed by atoms with van der Waals surface area (Å²) in [7, 11) is 5.65. The molecule has 0 aromatic heterocycles. The van der Waals surface area contributed by atoms with Gasteiger partial charge >= 0.3 is 5.97 Å². The number of allylic oxidation sites excluding steroid dienone is 2. The molecular formula is C29H47BO5S. The standard InChI is InChI=1S/C29H47BO5S/c1-16(2)8-7-9-18(26(33)34)24-20-14-21(31)25-27(4)12-11-23(35-36-30)17(3)19(27)10-13-28(25,5)29(20,6)15-22(24)32/h8,17-25,31-32H,7,9-15H2,1-6H3,(H,33,34). The molecule has 36 heavy (non-hydrogen) atoms. The molecule has 0 heterocycles. The Morgan fingerprint density at radius 1 is 1.11 bits per heavy atom. The molecule has 7 heteroatoms. The zero-order chi connectivity index (χ0) is 26.6. The van der Waals surface area contributed by atoms with Crippen molar-refractivity contribution in [2.75, 3.05) is 0 Å². The van der Waals surface area contributed by atoms with Crippen LogP contribution >= 0.6 is 11.9 Å². The van der Waals surface area contributed by atoms with E-state index in [1.165, 1.54) is 5.57 Å². The minimum Gasteiger partial charge on any atom is -0.481 e. The Kier molecular flexibility index (Phi) is 8.11. The molecule has 4 saturated carbocycles. The summed E-state index contributed by atoms with van der Waals surface area (Å²) in [5.74, 6) is -0.775. The molecule has 5 nitrogen and oxygen atoms in total. The van der Waals surface area contributed by atoms with Gasteiger partial charge in [-0.1, -0.05) is 51.2 Å². The molecule has 4 rings (SSSR count).